The molecule has 0 bridgehead atoms. The topological polar surface area (TPSA) is 77.5 Å². The summed E-state index contributed by atoms with van der Waals surface area (Å²) in [5, 5.41) is 10.4. The molecule has 28 heavy (non-hydrogen) atoms. The predicted molar refractivity (Wildman–Crippen MR) is 107 cm³/mol. The van der Waals surface area contributed by atoms with Gasteiger partial charge in [0, 0.05) is 21.2 Å². The number of primary amides is 1. The molecule has 0 radical (unpaired) electrons. The Bertz CT molecular complexity index is 871. The maximum Gasteiger partial charge on any atom is 0.419 e. The molecule has 0 aliphatic heterocycles. The van der Waals surface area contributed by atoms with Gasteiger partial charge in [-0.1, -0.05) is 0 Å². The third-order valence-corrected chi connectivity index (χ3v) is 5.91. The van der Waals surface area contributed by atoms with Crippen molar-refractivity contribution in [3.63, 3.8) is 0 Å². The average molecular weight is 510 g/mol. The number of alkyl halides is 3. The van der Waals surface area contributed by atoms with Crippen LogP contribution in [0.5, 0.6) is 0 Å². The molecule has 5 nitrogen and oxygen atoms in total. The Morgan fingerprint density at radius 1 is 1.32 bits per heavy atom. The molecule has 1 aromatic heterocycles. The van der Waals surface area contributed by atoms with Crippen LogP contribution >= 0.6 is 22.6 Å². The van der Waals surface area contributed by atoms with Gasteiger partial charge in [0.15, 0.2) is 5.60 Å². The quantitative estimate of drug-likeness (QED) is 0.594. The zero-order valence-corrected chi connectivity index (χ0v) is 17.5. The van der Waals surface area contributed by atoms with Crippen molar-refractivity contribution in [2.75, 3.05) is 6.61 Å². The van der Waals surface area contributed by atoms with Crippen molar-refractivity contribution in [1.82, 2.24) is 4.57 Å². The van der Waals surface area contributed by atoms with E-state index in [1.165, 1.54) is 0 Å². The molecule has 1 aliphatic rings. The minimum Gasteiger partial charge on any atom is -0.379 e. The van der Waals surface area contributed by atoms with Gasteiger partial charge in [-0.25, -0.2) is 0 Å². The highest BCUT2D eigenvalue weighted by Crippen LogP contribution is 2.36. The van der Waals surface area contributed by atoms with Crippen molar-refractivity contribution < 1.29 is 27.8 Å². The number of carbonyl (C=O) groups is 1. The van der Waals surface area contributed by atoms with Gasteiger partial charge in [-0.2, -0.15) is 13.2 Å². The Labute approximate surface area is 174 Å². The molecule has 0 saturated heterocycles. The summed E-state index contributed by atoms with van der Waals surface area (Å²) in [5.74, 6) is -0.491. The summed E-state index contributed by atoms with van der Waals surface area (Å²) in [6.45, 7) is -0.0557. The normalized spacial score (nSPS) is 22.9. The number of nitrogens with two attached hydrogens (primary N) is 1. The molecule has 1 atom stereocenters. The number of hydrogen-bond acceptors (Lipinski definition) is 3. The van der Waals surface area contributed by atoms with E-state index >= 15 is 0 Å². The number of benzene rings is 1. The molecule has 1 heterocycles. The molecule has 2 aromatic rings. The number of rotatable bonds is 5. The predicted octanol–water partition coefficient (Wildman–Crippen LogP) is 4.16. The molecule has 1 saturated carbocycles. The first kappa shape index (κ1) is 21.4. The van der Waals surface area contributed by atoms with Gasteiger partial charge in [-0.3, -0.25) is 4.79 Å². The second-order valence-corrected chi connectivity index (χ2v) is 8.74. The van der Waals surface area contributed by atoms with Crippen LogP contribution in [0, 0.1) is 3.57 Å². The number of aromatic nitrogens is 1. The standard InChI is InChI=1S/C19H22F3IN2O3/c1-18(27,19(20,21)22)10-28-14-4-2-13(3-5-14)25-7-6-11-8-12(23)9-15(16(11)25)17(24)26/h6-9,13-14,27H,2-5,10H2,1H3,(H2,24,26). The van der Waals surface area contributed by atoms with Gasteiger partial charge in [-0.05, 0) is 73.4 Å². The van der Waals surface area contributed by atoms with Gasteiger partial charge in [0.1, 0.15) is 0 Å². The third-order valence-electron chi connectivity index (χ3n) is 5.29. The fourth-order valence-electron chi connectivity index (χ4n) is 3.61. The van der Waals surface area contributed by atoms with Crippen molar-refractivity contribution in [3.05, 3.63) is 33.5 Å². The molecule has 3 rings (SSSR count). The minimum atomic E-state index is -4.73. The van der Waals surface area contributed by atoms with E-state index in [1.54, 1.807) is 6.07 Å². The van der Waals surface area contributed by atoms with Crippen LogP contribution in [0.2, 0.25) is 0 Å². The van der Waals surface area contributed by atoms with Crippen molar-refractivity contribution in [3.8, 4) is 0 Å². The van der Waals surface area contributed by atoms with E-state index in [0.29, 0.717) is 31.2 Å². The van der Waals surface area contributed by atoms with E-state index in [0.717, 1.165) is 21.4 Å². The lowest BCUT2D eigenvalue weighted by atomic mass is 9.92. The van der Waals surface area contributed by atoms with Crippen LogP contribution in [0.25, 0.3) is 10.9 Å². The Hall–Kier alpha value is -1.33. The number of ether oxygens (including phenoxy) is 1. The van der Waals surface area contributed by atoms with Gasteiger partial charge < -0.3 is 20.1 Å². The number of nitrogens with zero attached hydrogens (tertiary/aromatic N) is 1. The Kier molecular flexibility index (Phi) is 5.98. The van der Waals surface area contributed by atoms with E-state index in [4.69, 9.17) is 10.5 Å². The van der Waals surface area contributed by atoms with Crippen LogP contribution < -0.4 is 5.73 Å². The summed E-state index contributed by atoms with van der Waals surface area (Å²) < 4.78 is 46.5. The summed E-state index contributed by atoms with van der Waals surface area (Å²) in [7, 11) is 0. The smallest absolute Gasteiger partial charge is 0.379 e. The van der Waals surface area contributed by atoms with Gasteiger partial charge in [0.2, 0.25) is 0 Å². The lowest BCUT2D eigenvalue weighted by Crippen LogP contribution is -2.47. The van der Waals surface area contributed by atoms with E-state index in [1.807, 2.05) is 22.9 Å². The van der Waals surface area contributed by atoms with E-state index in [2.05, 4.69) is 22.6 Å². The Morgan fingerprint density at radius 3 is 2.54 bits per heavy atom. The minimum absolute atomic E-state index is 0.110. The first-order chi connectivity index (χ1) is 13.0. The lowest BCUT2D eigenvalue weighted by molar-refractivity contribution is -0.271. The fraction of sp³-hybridized carbons (Fsp3) is 0.526. The van der Waals surface area contributed by atoms with Crippen LogP contribution in [0.3, 0.4) is 0 Å². The first-order valence-corrected chi connectivity index (χ1v) is 10.1. The van der Waals surface area contributed by atoms with Crippen LogP contribution in [0.15, 0.2) is 24.4 Å². The highest BCUT2D eigenvalue weighted by Gasteiger charge is 2.50. The number of hydrogen-bond donors (Lipinski definition) is 2. The number of carbonyl (C=O) groups excluding carboxylic acids is 1. The van der Waals surface area contributed by atoms with Crippen molar-refractivity contribution in [1.29, 1.82) is 0 Å². The van der Waals surface area contributed by atoms with Crippen molar-refractivity contribution >= 4 is 39.4 Å². The zero-order chi connectivity index (χ0) is 20.7. The molecule has 1 unspecified atom stereocenters. The molecular weight excluding hydrogens is 488 g/mol. The summed E-state index contributed by atoms with van der Waals surface area (Å²) >= 11 is 2.14. The summed E-state index contributed by atoms with van der Waals surface area (Å²) in [5.41, 5.74) is 3.95. The maximum atomic E-state index is 12.7. The summed E-state index contributed by atoms with van der Waals surface area (Å²) in [6.07, 6.45) is -0.573. The fourth-order valence-corrected chi connectivity index (χ4v) is 4.26. The molecule has 3 N–H and O–H groups in total. The molecule has 0 spiro atoms. The molecule has 1 fully saturated rings. The number of halogens is 4. The summed E-state index contributed by atoms with van der Waals surface area (Å²) in [6, 6.07) is 5.79. The van der Waals surface area contributed by atoms with Crippen LogP contribution in [0.4, 0.5) is 13.2 Å². The maximum absolute atomic E-state index is 12.7. The largest absolute Gasteiger partial charge is 0.419 e. The Morgan fingerprint density at radius 2 is 1.96 bits per heavy atom. The molecule has 1 aliphatic carbocycles. The lowest BCUT2D eigenvalue weighted by Gasteiger charge is -2.33. The SMILES string of the molecule is CC(O)(COC1CCC(n2ccc3cc(I)cc(C(N)=O)c32)CC1)C(F)(F)F. The second-order valence-electron chi connectivity index (χ2n) is 7.49. The molecule has 1 amide bonds. The van der Waals surface area contributed by atoms with E-state index in [-0.39, 0.29) is 12.1 Å². The van der Waals surface area contributed by atoms with Crippen LogP contribution in [-0.2, 0) is 4.74 Å². The van der Waals surface area contributed by atoms with Gasteiger partial charge in [0.25, 0.3) is 5.91 Å². The monoisotopic (exact) mass is 510 g/mol. The van der Waals surface area contributed by atoms with Crippen LogP contribution in [-0.4, -0.2) is 40.1 Å². The molecule has 1 aromatic carbocycles. The molecule has 154 valence electrons. The first-order valence-electron chi connectivity index (χ1n) is 9.00. The molecular formula is C19H22F3IN2O3. The van der Waals surface area contributed by atoms with Gasteiger partial charge in [-0.15, -0.1) is 0 Å². The summed E-state index contributed by atoms with van der Waals surface area (Å²) in [4.78, 5) is 11.9. The number of aliphatic hydroxyl groups is 1. The van der Waals surface area contributed by atoms with E-state index < -0.39 is 24.3 Å². The van der Waals surface area contributed by atoms with Gasteiger partial charge >= 0.3 is 6.18 Å². The number of fused-ring (bicyclic) bond motifs is 1. The van der Waals surface area contributed by atoms with Crippen LogP contribution in [0.1, 0.15) is 49.0 Å². The molecule has 9 heteroatoms. The Balaban J connectivity index is 1.70. The third kappa shape index (κ3) is 4.30. The second kappa shape index (κ2) is 7.83. The van der Waals surface area contributed by atoms with Gasteiger partial charge in [0.05, 0.1) is 23.8 Å². The van der Waals surface area contributed by atoms with Crippen molar-refractivity contribution in [2.45, 2.75) is 56.5 Å². The number of amides is 1. The zero-order valence-electron chi connectivity index (χ0n) is 15.3. The van der Waals surface area contributed by atoms with Crippen molar-refractivity contribution in [2.24, 2.45) is 5.73 Å². The van der Waals surface area contributed by atoms with E-state index in [9.17, 15) is 23.1 Å². The average Bonchev–Trinajstić information content (AvgIpc) is 3.02. The highest BCUT2D eigenvalue weighted by molar-refractivity contribution is 14.1. The highest BCUT2D eigenvalue weighted by atomic mass is 127.